The van der Waals surface area contributed by atoms with E-state index in [1.165, 1.54) is 6.42 Å². The summed E-state index contributed by atoms with van der Waals surface area (Å²) in [6.07, 6.45) is 6.04. The Morgan fingerprint density at radius 2 is 1.95 bits per heavy atom. The molecule has 0 saturated heterocycles. The molecule has 4 nitrogen and oxygen atoms in total. The van der Waals surface area contributed by atoms with Crippen LogP contribution in [-0.2, 0) is 12.0 Å². The Labute approximate surface area is 126 Å². The van der Waals surface area contributed by atoms with E-state index in [4.69, 9.17) is 10.3 Å². The van der Waals surface area contributed by atoms with Crippen molar-refractivity contribution in [2.24, 2.45) is 5.73 Å². The monoisotopic (exact) mass is 335 g/mol. The third-order valence-electron chi connectivity index (χ3n) is 3.95. The molecule has 0 spiro atoms. The molecule has 0 bridgehead atoms. The highest BCUT2D eigenvalue weighted by atomic mass is 79.9. The van der Waals surface area contributed by atoms with E-state index in [9.17, 15) is 0 Å². The molecular formula is C15H18BrN3O. The molecule has 1 saturated carbocycles. The lowest BCUT2D eigenvalue weighted by molar-refractivity contribution is 0.219. The molecule has 0 unspecified atom stereocenters. The first-order valence-corrected chi connectivity index (χ1v) is 7.82. The maximum Gasteiger partial charge on any atom is 0.246 e. The van der Waals surface area contributed by atoms with Crippen molar-refractivity contribution in [3.05, 3.63) is 46.0 Å². The number of halogens is 1. The van der Waals surface area contributed by atoms with Crippen LogP contribution in [0.5, 0.6) is 0 Å². The lowest BCUT2D eigenvalue weighted by Crippen LogP contribution is -2.39. The maximum absolute atomic E-state index is 6.41. The van der Waals surface area contributed by atoms with E-state index in [-0.39, 0.29) is 0 Å². The zero-order chi connectivity index (χ0) is 14.0. The lowest BCUT2D eigenvalue weighted by atomic mass is 9.82. The van der Waals surface area contributed by atoms with Gasteiger partial charge in [-0.2, -0.15) is 4.98 Å². The van der Waals surface area contributed by atoms with Crippen LogP contribution in [-0.4, -0.2) is 10.1 Å². The summed E-state index contributed by atoms with van der Waals surface area (Å²) in [5, 5.41) is 4.09. The fraction of sp³-hybridized carbons (Fsp3) is 0.467. The summed E-state index contributed by atoms with van der Waals surface area (Å²) >= 11 is 3.54. The van der Waals surface area contributed by atoms with E-state index in [0.29, 0.717) is 18.1 Å². The predicted molar refractivity (Wildman–Crippen MR) is 80.2 cm³/mol. The SMILES string of the molecule is NC1(c2nc(Cc3ccccc3Br)no2)CCCCC1. The zero-order valence-corrected chi connectivity index (χ0v) is 12.9. The smallest absolute Gasteiger partial charge is 0.246 e. The highest BCUT2D eigenvalue weighted by Gasteiger charge is 2.35. The quantitative estimate of drug-likeness (QED) is 0.931. The van der Waals surface area contributed by atoms with Crippen molar-refractivity contribution in [1.29, 1.82) is 0 Å². The van der Waals surface area contributed by atoms with Crippen LogP contribution >= 0.6 is 15.9 Å². The fourth-order valence-electron chi connectivity index (χ4n) is 2.74. The van der Waals surface area contributed by atoms with E-state index < -0.39 is 5.54 Å². The maximum atomic E-state index is 6.41. The van der Waals surface area contributed by atoms with Gasteiger partial charge in [-0.3, -0.25) is 0 Å². The molecule has 20 heavy (non-hydrogen) atoms. The Hall–Kier alpha value is -1.20. The van der Waals surface area contributed by atoms with Gasteiger partial charge in [0.05, 0.1) is 5.54 Å². The van der Waals surface area contributed by atoms with Crippen molar-refractivity contribution in [3.63, 3.8) is 0 Å². The van der Waals surface area contributed by atoms with Gasteiger partial charge in [-0.1, -0.05) is 58.5 Å². The van der Waals surface area contributed by atoms with Crippen LogP contribution in [0.15, 0.2) is 33.3 Å². The largest absolute Gasteiger partial charge is 0.337 e. The summed E-state index contributed by atoms with van der Waals surface area (Å²) in [4.78, 5) is 4.52. The van der Waals surface area contributed by atoms with Crippen LogP contribution < -0.4 is 5.73 Å². The van der Waals surface area contributed by atoms with Crippen molar-refractivity contribution in [3.8, 4) is 0 Å². The molecule has 2 aromatic rings. The van der Waals surface area contributed by atoms with Crippen LogP contribution in [0.1, 0.15) is 49.4 Å². The van der Waals surface area contributed by atoms with Gasteiger partial charge in [0, 0.05) is 10.9 Å². The highest BCUT2D eigenvalue weighted by molar-refractivity contribution is 9.10. The molecule has 0 aliphatic heterocycles. The molecule has 1 aliphatic rings. The first-order valence-electron chi connectivity index (χ1n) is 7.03. The van der Waals surface area contributed by atoms with E-state index in [1.54, 1.807) is 0 Å². The molecule has 1 aliphatic carbocycles. The normalized spacial score (nSPS) is 18.1. The van der Waals surface area contributed by atoms with Crippen LogP contribution in [0, 0.1) is 0 Å². The number of nitrogens with zero attached hydrogens (tertiary/aromatic N) is 2. The molecule has 2 N–H and O–H groups in total. The number of nitrogens with two attached hydrogens (primary N) is 1. The van der Waals surface area contributed by atoms with E-state index in [0.717, 1.165) is 35.7 Å². The minimum atomic E-state index is -0.419. The highest BCUT2D eigenvalue weighted by Crippen LogP contribution is 2.33. The second kappa shape index (κ2) is 5.66. The molecule has 0 atom stereocenters. The molecule has 0 amide bonds. The fourth-order valence-corrected chi connectivity index (χ4v) is 3.16. The number of rotatable bonds is 3. The van der Waals surface area contributed by atoms with Gasteiger partial charge in [0.2, 0.25) is 5.89 Å². The van der Waals surface area contributed by atoms with Gasteiger partial charge < -0.3 is 10.3 Å². The summed E-state index contributed by atoms with van der Waals surface area (Å²) in [6.45, 7) is 0. The van der Waals surface area contributed by atoms with Crippen LogP contribution in [0.3, 0.4) is 0 Å². The molecular weight excluding hydrogens is 318 g/mol. The van der Waals surface area contributed by atoms with Crippen molar-refractivity contribution >= 4 is 15.9 Å². The number of benzene rings is 1. The van der Waals surface area contributed by atoms with E-state index in [1.807, 2.05) is 18.2 Å². The van der Waals surface area contributed by atoms with Crippen LogP contribution in [0.25, 0.3) is 0 Å². The minimum Gasteiger partial charge on any atom is -0.337 e. The van der Waals surface area contributed by atoms with Gasteiger partial charge in [-0.25, -0.2) is 0 Å². The molecule has 5 heteroatoms. The van der Waals surface area contributed by atoms with Gasteiger partial charge in [0.15, 0.2) is 5.82 Å². The topological polar surface area (TPSA) is 64.9 Å². The van der Waals surface area contributed by atoms with Gasteiger partial charge in [0.1, 0.15) is 0 Å². The Balaban J connectivity index is 1.78. The van der Waals surface area contributed by atoms with Crippen molar-refractivity contribution in [1.82, 2.24) is 10.1 Å². The Bertz CT molecular complexity index is 590. The summed E-state index contributed by atoms with van der Waals surface area (Å²) in [7, 11) is 0. The first-order chi connectivity index (χ1) is 9.67. The minimum absolute atomic E-state index is 0.419. The van der Waals surface area contributed by atoms with E-state index >= 15 is 0 Å². The third kappa shape index (κ3) is 2.79. The summed E-state index contributed by atoms with van der Waals surface area (Å²) in [5.74, 6) is 1.29. The number of hydrogen-bond acceptors (Lipinski definition) is 4. The summed E-state index contributed by atoms with van der Waals surface area (Å²) in [6, 6.07) is 8.07. The second-order valence-electron chi connectivity index (χ2n) is 5.50. The molecule has 1 aromatic carbocycles. The van der Waals surface area contributed by atoms with Gasteiger partial charge in [-0.15, -0.1) is 0 Å². The zero-order valence-electron chi connectivity index (χ0n) is 11.3. The second-order valence-corrected chi connectivity index (χ2v) is 6.36. The average Bonchev–Trinajstić information content (AvgIpc) is 2.92. The molecule has 1 fully saturated rings. The lowest BCUT2D eigenvalue weighted by Gasteiger charge is -2.29. The Morgan fingerprint density at radius 3 is 2.70 bits per heavy atom. The van der Waals surface area contributed by atoms with Gasteiger partial charge >= 0.3 is 0 Å². The first kappa shape index (κ1) is 13.8. The molecule has 0 radical (unpaired) electrons. The van der Waals surface area contributed by atoms with E-state index in [2.05, 4.69) is 32.1 Å². The molecule has 1 aromatic heterocycles. The average molecular weight is 336 g/mol. The third-order valence-corrected chi connectivity index (χ3v) is 4.72. The number of aromatic nitrogens is 2. The predicted octanol–water partition coefficient (Wildman–Crippen LogP) is 3.54. The Morgan fingerprint density at radius 1 is 1.20 bits per heavy atom. The molecule has 1 heterocycles. The van der Waals surface area contributed by atoms with Crippen LogP contribution in [0.4, 0.5) is 0 Å². The standard InChI is InChI=1S/C15H18BrN3O/c16-12-7-3-2-6-11(12)10-13-18-14(20-19-13)15(17)8-4-1-5-9-15/h2-3,6-7H,1,4-5,8-10,17H2. The van der Waals surface area contributed by atoms with Crippen LogP contribution in [0.2, 0.25) is 0 Å². The summed E-state index contributed by atoms with van der Waals surface area (Å²) < 4.78 is 6.48. The number of hydrogen-bond donors (Lipinski definition) is 1. The van der Waals surface area contributed by atoms with Crippen molar-refractivity contribution in [2.75, 3.05) is 0 Å². The Kier molecular flexibility index (Phi) is 3.89. The van der Waals surface area contributed by atoms with Crippen molar-refractivity contribution < 1.29 is 4.52 Å². The molecule has 106 valence electrons. The summed E-state index contributed by atoms with van der Waals surface area (Å²) in [5.41, 5.74) is 7.14. The van der Waals surface area contributed by atoms with Crippen molar-refractivity contribution in [2.45, 2.75) is 44.1 Å². The molecule has 3 rings (SSSR count). The van der Waals surface area contributed by atoms with Gasteiger partial charge in [0.25, 0.3) is 0 Å². The van der Waals surface area contributed by atoms with Gasteiger partial charge in [-0.05, 0) is 24.5 Å².